The molecule has 0 saturated carbocycles. The molecule has 3 nitrogen and oxygen atoms in total. The van der Waals surface area contributed by atoms with Gasteiger partial charge in [0.25, 0.3) is 0 Å². The average molecular weight is 222 g/mol. The zero-order chi connectivity index (χ0) is 11.7. The second-order valence-corrected chi connectivity index (χ2v) is 3.91. The minimum Gasteiger partial charge on any atom is -0.355 e. The number of H-pyrrole nitrogens is 1. The normalized spacial score (nSPS) is 10.6. The predicted octanol–water partition coefficient (Wildman–Crippen LogP) is 4.23. The summed E-state index contributed by atoms with van der Waals surface area (Å²) in [5, 5.41) is 4.07. The standard InChI is InChI=1S/C14H10N2O/c17-16-12-7-5-10(6-8-12)14-9-11-3-1-2-4-13(11)15-14/h1-9,15H. The molecule has 0 aliphatic heterocycles. The van der Waals surface area contributed by atoms with Crippen LogP contribution in [0, 0.1) is 4.91 Å². The quantitative estimate of drug-likeness (QED) is 0.648. The molecule has 3 aromatic rings. The smallest absolute Gasteiger partial charge is 0.108 e. The van der Waals surface area contributed by atoms with Gasteiger partial charge in [0, 0.05) is 16.6 Å². The highest BCUT2D eigenvalue weighted by Crippen LogP contribution is 2.25. The van der Waals surface area contributed by atoms with E-state index in [0.717, 1.165) is 16.8 Å². The zero-order valence-electron chi connectivity index (χ0n) is 9.05. The molecule has 17 heavy (non-hydrogen) atoms. The largest absolute Gasteiger partial charge is 0.355 e. The summed E-state index contributed by atoms with van der Waals surface area (Å²) in [6.07, 6.45) is 0. The molecule has 3 rings (SSSR count). The minimum atomic E-state index is 0.449. The lowest BCUT2D eigenvalue weighted by Crippen LogP contribution is -1.75. The second-order valence-electron chi connectivity index (χ2n) is 3.91. The van der Waals surface area contributed by atoms with E-state index in [2.05, 4.69) is 22.3 Å². The SMILES string of the molecule is O=Nc1ccc(-c2cc3ccccc3[nH]2)cc1. The maximum Gasteiger partial charge on any atom is 0.108 e. The van der Waals surface area contributed by atoms with Gasteiger partial charge in [-0.25, -0.2) is 0 Å². The van der Waals surface area contributed by atoms with Crippen LogP contribution in [0.15, 0.2) is 59.8 Å². The average Bonchev–Trinajstić information content (AvgIpc) is 2.82. The van der Waals surface area contributed by atoms with Crippen molar-refractivity contribution in [3.63, 3.8) is 0 Å². The van der Waals surface area contributed by atoms with Crippen molar-refractivity contribution >= 4 is 16.6 Å². The third-order valence-electron chi connectivity index (χ3n) is 2.81. The first-order valence-electron chi connectivity index (χ1n) is 5.38. The summed E-state index contributed by atoms with van der Waals surface area (Å²) in [5.41, 5.74) is 3.65. The van der Waals surface area contributed by atoms with Crippen molar-refractivity contribution in [1.82, 2.24) is 4.98 Å². The van der Waals surface area contributed by atoms with E-state index in [1.54, 1.807) is 12.1 Å². The van der Waals surface area contributed by atoms with Crippen LogP contribution < -0.4 is 0 Å². The Labute approximate surface area is 98.1 Å². The molecule has 0 spiro atoms. The van der Waals surface area contributed by atoms with Gasteiger partial charge >= 0.3 is 0 Å². The number of benzene rings is 2. The summed E-state index contributed by atoms with van der Waals surface area (Å²) < 4.78 is 0. The van der Waals surface area contributed by atoms with Crippen LogP contribution in [0.25, 0.3) is 22.2 Å². The number of fused-ring (bicyclic) bond motifs is 1. The van der Waals surface area contributed by atoms with Crippen LogP contribution in [0.2, 0.25) is 0 Å². The van der Waals surface area contributed by atoms with Gasteiger partial charge in [0.2, 0.25) is 0 Å². The van der Waals surface area contributed by atoms with E-state index in [1.807, 2.05) is 30.3 Å². The van der Waals surface area contributed by atoms with E-state index in [-0.39, 0.29) is 0 Å². The van der Waals surface area contributed by atoms with Crippen molar-refractivity contribution in [2.24, 2.45) is 5.18 Å². The number of aromatic amines is 1. The lowest BCUT2D eigenvalue weighted by Gasteiger charge is -1.96. The highest BCUT2D eigenvalue weighted by atomic mass is 16.3. The number of para-hydroxylation sites is 1. The summed E-state index contributed by atoms with van der Waals surface area (Å²) in [7, 11) is 0. The Balaban J connectivity index is 2.10. The number of hydrogen-bond acceptors (Lipinski definition) is 2. The van der Waals surface area contributed by atoms with Crippen molar-refractivity contribution in [3.8, 4) is 11.3 Å². The summed E-state index contributed by atoms with van der Waals surface area (Å²) in [5.74, 6) is 0. The summed E-state index contributed by atoms with van der Waals surface area (Å²) in [4.78, 5) is 13.7. The maximum absolute atomic E-state index is 10.3. The van der Waals surface area contributed by atoms with Gasteiger partial charge in [-0.05, 0) is 35.0 Å². The number of nitrogens with zero attached hydrogens (tertiary/aromatic N) is 1. The van der Waals surface area contributed by atoms with Gasteiger partial charge in [-0.2, -0.15) is 0 Å². The second kappa shape index (κ2) is 3.87. The minimum absolute atomic E-state index is 0.449. The highest BCUT2D eigenvalue weighted by molar-refractivity contribution is 5.85. The molecule has 1 aromatic heterocycles. The molecule has 0 unspecified atom stereocenters. The Morgan fingerprint density at radius 1 is 0.941 bits per heavy atom. The zero-order valence-corrected chi connectivity index (χ0v) is 9.05. The van der Waals surface area contributed by atoms with Crippen LogP contribution in [0.5, 0.6) is 0 Å². The monoisotopic (exact) mass is 222 g/mol. The number of nitroso groups, excluding NO2 is 1. The number of nitrogens with one attached hydrogen (secondary N) is 1. The fraction of sp³-hybridized carbons (Fsp3) is 0. The summed E-state index contributed by atoms with van der Waals surface area (Å²) in [6, 6.07) is 17.4. The number of rotatable bonds is 2. The van der Waals surface area contributed by atoms with Gasteiger partial charge in [0.05, 0.1) is 0 Å². The van der Waals surface area contributed by atoms with Gasteiger partial charge in [0.1, 0.15) is 5.69 Å². The number of hydrogen-bond donors (Lipinski definition) is 1. The first-order valence-corrected chi connectivity index (χ1v) is 5.38. The van der Waals surface area contributed by atoms with Crippen LogP contribution in [0.1, 0.15) is 0 Å². The molecule has 0 radical (unpaired) electrons. The Hall–Kier alpha value is -2.42. The van der Waals surface area contributed by atoms with Gasteiger partial charge < -0.3 is 4.98 Å². The Morgan fingerprint density at radius 3 is 2.41 bits per heavy atom. The highest BCUT2D eigenvalue weighted by Gasteiger charge is 2.02. The van der Waals surface area contributed by atoms with Crippen LogP contribution in [0.3, 0.4) is 0 Å². The number of aromatic nitrogens is 1. The maximum atomic E-state index is 10.3. The molecule has 3 heteroatoms. The molecule has 0 aliphatic carbocycles. The molecule has 2 aromatic carbocycles. The fourth-order valence-corrected chi connectivity index (χ4v) is 1.93. The molecular formula is C14H10N2O. The van der Waals surface area contributed by atoms with E-state index in [1.165, 1.54) is 5.39 Å². The van der Waals surface area contributed by atoms with E-state index in [4.69, 9.17) is 0 Å². The van der Waals surface area contributed by atoms with Crippen molar-refractivity contribution in [2.45, 2.75) is 0 Å². The van der Waals surface area contributed by atoms with Crippen LogP contribution in [-0.4, -0.2) is 4.98 Å². The molecule has 0 fully saturated rings. The molecule has 1 N–H and O–H groups in total. The molecule has 0 saturated heterocycles. The first-order chi connectivity index (χ1) is 8.36. The molecule has 82 valence electrons. The van der Waals surface area contributed by atoms with Crippen LogP contribution >= 0.6 is 0 Å². The van der Waals surface area contributed by atoms with Crippen molar-refractivity contribution < 1.29 is 0 Å². The van der Waals surface area contributed by atoms with Gasteiger partial charge in [-0.15, -0.1) is 4.91 Å². The molecule has 0 aliphatic rings. The Kier molecular flexibility index (Phi) is 2.22. The molecular weight excluding hydrogens is 212 g/mol. The Bertz CT molecular complexity index is 635. The predicted molar refractivity (Wildman–Crippen MR) is 69.2 cm³/mol. The molecule has 0 bridgehead atoms. The van der Waals surface area contributed by atoms with Gasteiger partial charge in [-0.1, -0.05) is 30.3 Å². The summed E-state index contributed by atoms with van der Waals surface area (Å²) in [6.45, 7) is 0. The van der Waals surface area contributed by atoms with Gasteiger partial charge in [0.15, 0.2) is 0 Å². The van der Waals surface area contributed by atoms with E-state index < -0.39 is 0 Å². The Morgan fingerprint density at radius 2 is 1.71 bits per heavy atom. The lowest BCUT2D eigenvalue weighted by atomic mass is 10.1. The van der Waals surface area contributed by atoms with Crippen LogP contribution in [0.4, 0.5) is 5.69 Å². The topological polar surface area (TPSA) is 45.2 Å². The third-order valence-corrected chi connectivity index (χ3v) is 2.81. The molecule has 0 atom stereocenters. The van der Waals surface area contributed by atoms with Crippen molar-refractivity contribution in [3.05, 3.63) is 59.5 Å². The van der Waals surface area contributed by atoms with Gasteiger partial charge in [-0.3, -0.25) is 0 Å². The lowest BCUT2D eigenvalue weighted by molar-refractivity contribution is 1.44. The third kappa shape index (κ3) is 1.72. The van der Waals surface area contributed by atoms with Crippen molar-refractivity contribution in [2.75, 3.05) is 0 Å². The van der Waals surface area contributed by atoms with E-state index >= 15 is 0 Å². The van der Waals surface area contributed by atoms with Crippen LogP contribution in [-0.2, 0) is 0 Å². The first kappa shape index (κ1) is 9.78. The summed E-state index contributed by atoms with van der Waals surface area (Å²) >= 11 is 0. The van der Waals surface area contributed by atoms with Crippen molar-refractivity contribution in [1.29, 1.82) is 0 Å². The molecule has 1 heterocycles. The van der Waals surface area contributed by atoms with E-state index in [9.17, 15) is 4.91 Å². The molecule has 0 amide bonds. The van der Waals surface area contributed by atoms with E-state index in [0.29, 0.717) is 5.69 Å². The fourth-order valence-electron chi connectivity index (χ4n) is 1.93.